The summed E-state index contributed by atoms with van der Waals surface area (Å²) < 4.78 is 19.8. The second-order valence-electron chi connectivity index (χ2n) is 7.32. The monoisotopic (exact) mass is 699 g/mol. The number of ether oxygens (including phenoxy) is 1. The maximum absolute atomic E-state index is 12.6. The van der Waals surface area contributed by atoms with Crippen LogP contribution in [0.15, 0.2) is 136 Å². The van der Waals surface area contributed by atoms with Gasteiger partial charge in [0.2, 0.25) is 0 Å². The average molecular weight is 701 g/mol. The SMILES string of the molecule is N#Cc1ccc(Br)cc1F.N#Cc1ccc(Br)cc1Oc1ccccc1.Oc1ccccc1.[K+].[OH-].[c-]1ccccc1. The summed E-state index contributed by atoms with van der Waals surface area (Å²) in [6, 6.07) is 44.1. The fourth-order valence-corrected chi connectivity index (χ4v) is 3.31. The molecule has 0 heterocycles. The van der Waals surface area contributed by atoms with E-state index in [1.165, 1.54) is 12.1 Å². The van der Waals surface area contributed by atoms with Gasteiger partial charge in [-0.05, 0) is 60.7 Å². The molecule has 0 saturated carbocycles. The second-order valence-corrected chi connectivity index (χ2v) is 9.15. The van der Waals surface area contributed by atoms with Crippen LogP contribution >= 0.6 is 31.9 Å². The second kappa shape index (κ2) is 22.8. The van der Waals surface area contributed by atoms with Crippen molar-refractivity contribution < 1.29 is 71.1 Å². The van der Waals surface area contributed by atoms with E-state index in [0.717, 1.165) is 10.2 Å². The van der Waals surface area contributed by atoms with Crippen molar-refractivity contribution in [3.8, 4) is 29.4 Å². The Morgan fingerprint density at radius 2 is 1.17 bits per heavy atom. The first-order chi connectivity index (χ1) is 18.9. The molecule has 2 N–H and O–H groups in total. The number of aromatic hydroxyl groups is 1. The minimum absolute atomic E-state index is 0. The first kappa shape index (κ1) is 38.2. The summed E-state index contributed by atoms with van der Waals surface area (Å²) in [7, 11) is 0. The number of nitriles is 2. The molecule has 0 aliphatic rings. The predicted octanol–water partition coefficient (Wildman–Crippen LogP) is 6.28. The van der Waals surface area contributed by atoms with Gasteiger partial charge in [-0.15, -0.1) is 0 Å². The van der Waals surface area contributed by atoms with Gasteiger partial charge in [0.25, 0.3) is 0 Å². The van der Waals surface area contributed by atoms with Crippen molar-refractivity contribution in [1.29, 1.82) is 10.5 Å². The topological polar surface area (TPSA) is 107 Å². The molecule has 0 atom stereocenters. The van der Waals surface area contributed by atoms with E-state index in [9.17, 15) is 4.39 Å². The number of nitrogens with zero attached hydrogens (tertiary/aromatic N) is 2. The average Bonchev–Trinajstić information content (AvgIpc) is 2.96. The molecule has 0 amide bonds. The third-order valence-electron chi connectivity index (χ3n) is 4.45. The van der Waals surface area contributed by atoms with Gasteiger partial charge < -0.3 is 15.3 Å². The molecular weight excluding hydrogens is 678 g/mol. The third kappa shape index (κ3) is 16.3. The standard InChI is InChI=1S/C13H8BrNO.C7H3BrFN.C6H6O.C6H5.K.H2O/c14-11-7-6-10(9-15)13(8-11)16-12-4-2-1-3-5-12;8-6-2-1-5(4-10)7(9)3-6;7-6-4-2-1-3-5-6;1-2-4-6-5-3-1;;/h1-8H;1-3H;1-5,7H;1-5H;;1H2/q;;;-1;+1;/p-1. The molecule has 0 aromatic heterocycles. The predicted molar refractivity (Wildman–Crippen MR) is 160 cm³/mol. The Balaban J connectivity index is 0.000000552. The fourth-order valence-electron chi connectivity index (χ4n) is 2.64. The molecule has 5 aromatic rings. The van der Waals surface area contributed by atoms with Crippen LogP contribution in [0.5, 0.6) is 17.2 Å². The molecule has 0 unspecified atom stereocenters. The van der Waals surface area contributed by atoms with Gasteiger partial charge in [0, 0.05) is 8.95 Å². The molecule has 5 rings (SSSR count). The number of halogens is 3. The minimum atomic E-state index is -0.489. The van der Waals surface area contributed by atoms with E-state index in [-0.39, 0.29) is 62.4 Å². The van der Waals surface area contributed by atoms with Crippen LogP contribution < -0.4 is 56.1 Å². The zero-order chi connectivity index (χ0) is 28.3. The molecule has 202 valence electrons. The normalized spacial score (nSPS) is 8.51. The summed E-state index contributed by atoms with van der Waals surface area (Å²) in [5, 5.41) is 25.9. The molecule has 5 nitrogen and oxygen atoms in total. The first-order valence-corrected chi connectivity index (χ1v) is 12.9. The van der Waals surface area contributed by atoms with Crippen molar-refractivity contribution in [3.63, 3.8) is 0 Å². The summed E-state index contributed by atoms with van der Waals surface area (Å²) in [4.78, 5) is 0. The summed E-state index contributed by atoms with van der Waals surface area (Å²) in [6.45, 7) is 0. The van der Waals surface area contributed by atoms with Gasteiger partial charge in [0.05, 0.1) is 11.1 Å². The van der Waals surface area contributed by atoms with E-state index in [0.29, 0.717) is 21.5 Å². The molecule has 0 spiro atoms. The Morgan fingerprint density at radius 1 is 0.683 bits per heavy atom. The first-order valence-electron chi connectivity index (χ1n) is 11.4. The maximum atomic E-state index is 12.6. The number of rotatable bonds is 2. The summed E-state index contributed by atoms with van der Waals surface area (Å²) >= 11 is 6.43. The molecule has 9 heteroatoms. The van der Waals surface area contributed by atoms with Crippen molar-refractivity contribution in [2.45, 2.75) is 0 Å². The summed E-state index contributed by atoms with van der Waals surface area (Å²) in [6.07, 6.45) is 0. The van der Waals surface area contributed by atoms with E-state index < -0.39 is 5.82 Å². The molecule has 0 aliphatic carbocycles. The van der Waals surface area contributed by atoms with Crippen LogP contribution in [-0.4, -0.2) is 10.6 Å². The van der Waals surface area contributed by atoms with Gasteiger partial charge in [0.1, 0.15) is 35.2 Å². The van der Waals surface area contributed by atoms with Gasteiger partial charge >= 0.3 is 51.4 Å². The van der Waals surface area contributed by atoms with Crippen LogP contribution in [0.3, 0.4) is 0 Å². The zero-order valence-electron chi connectivity index (χ0n) is 22.0. The summed E-state index contributed by atoms with van der Waals surface area (Å²) in [5.41, 5.74) is 0.593. The molecule has 0 bridgehead atoms. The largest absolute Gasteiger partial charge is 1.00 e. The van der Waals surface area contributed by atoms with Crippen molar-refractivity contribution in [1.82, 2.24) is 0 Å². The Hall–Kier alpha value is -2.83. The van der Waals surface area contributed by atoms with Crippen molar-refractivity contribution in [2.75, 3.05) is 0 Å². The van der Waals surface area contributed by atoms with E-state index >= 15 is 0 Å². The Morgan fingerprint density at radius 3 is 1.59 bits per heavy atom. The Bertz CT molecular complexity index is 1470. The van der Waals surface area contributed by atoms with Crippen molar-refractivity contribution in [3.05, 3.63) is 159 Å². The van der Waals surface area contributed by atoms with Gasteiger partial charge in [-0.2, -0.15) is 46.9 Å². The van der Waals surface area contributed by atoms with Gasteiger partial charge in [-0.25, -0.2) is 4.39 Å². The molecule has 0 fully saturated rings. The Kier molecular flexibility index (Phi) is 21.2. The number of para-hydroxylation sites is 2. The van der Waals surface area contributed by atoms with Crippen LogP contribution in [0.25, 0.3) is 0 Å². The quantitative estimate of drug-likeness (QED) is 0.172. The zero-order valence-corrected chi connectivity index (χ0v) is 28.3. The molecule has 5 aromatic carbocycles. The van der Waals surface area contributed by atoms with Gasteiger partial charge in [-0.1, -0.05) is 68.3 Å². The van der Waals surface area contributed by atoms with Crippen LogP contribution in [-0.2, 0) is 0 Å². The van der Waals surface area contributed by atoms with Gasteiger partial charge in [0.15, 0.2) is 0 Å². The molecule has 0 radical (unpaired) electrons. The number of phenols is 1. The number of benzene rings is 5. The maximum Gasteiger partial charge on any atom is 1.00 e. The van der Waals surface area contributed by atoms with Crippen LogP contribution in [0.1, 0.15) is 11.1 Å². The fraction of sp³-hybridized carbons (Fsp3) is 0. The van der Waals surface area contributed by atoms with E-state index in [1.54, 1.807) is 48.5 Å². The van der Waals surface area contributed by atoms with Crippen LogP contribution in [0.4, 0.5) is 4.39 Å². The molecule has 41 heavy (non-hydrogen) atoms. The minimum Gasteiger partial charge on any atom is -0.870 e. The smallest absolute Gasteiger partial charge is 0.870 e. The Labute approximate surface area is 298 Å². The molecule has 0 aliphatic heterocycles. The number of phenolic OH excluding ortho intramolecular Hbond substituents is 1. The summed E-state index contributed by atoms with van der Waals surface area (Å²) in [5.74, 6) is 1.11. The van der Waals surface area contributed by atoms with E-state index in [4.69, 9.17) is 20.4 Å². The number of hydrogen-bond donors (Lipinski definition) is 1. The van der Waals surface area contributed by atoms with Crippen molar-refractivity contribution >= 4 is 31.9 Å². The van der Waals surface area contributed by atoms with E-state index in [1.807, 2.05) is 72.8 Å². The number of hydrogen-bond acceptors (Lipinski definition) is 5. The molecular formula is C32H23Br2FKN2O3-. The van der Waals surface area contributed by atoms with Crippen LogP contribution in [0, 0.1) is 34.5 Å². The third-order valence-corrected chi connectivity index (χ3v) is 5.44. The van der Waals surface area contributed by atoms with Crippen molar-refractivity contribution in [2.24, 2.45) is 0 Å². The molecule has 0 saturated heterocycles. The van der Waals surface area contributed by atoms with Gasteiger partial charge in [-0.3, -0.25) is 0 Å². The van der Waals surface area contributed by atoms with E-state index in [2.05, 4.69) is 44.0 Å². The van der Waals surface area contributed by atoms with Crippen LogP contribution in [0.2, 0.25) is 0 Å².